The van der Waals surface area contributed by atoms with Crippen molar-refractivity contribution in [2.45, 2.75) is 130 Å². The summed E-state index contributed by atoms with van der Waals surface area (Å²) in [6.45, 7) is 12.6. The first-order valence-electron chi connectivity index (χ1n) is 20.8. The van der Waals surface area contributed by atoms with E-state index < -0.39 is 29.7 Å². The number of ether oxygens (including phenoxy) is 1. The molecule has 0 amide bonds. The normalized spacial score (nSPS) is 34.1. The van der Waals surface area contributed by atoms with Gasteiger partial charge in [0.1, 0.15) is 11.2 Å². The van der Waals surface area contributed by atoms with Crippen LogP contribution in [0, 0.1) is 65.1 Å². The molecule has 56 heavy (non-hydrogen) atoms. The van der Waals surface area contributed by atoms with Gasteiger partial charge in [-0.15, -0.1) is 0 Å². The number of hydrogen-bond donors (Lipinski definition) is 5. The van der Waals surface area contributed by atoms with E-state index in [4.69, 9.17) is 4.74 Å². The fourth-order valence-electron chi connectivity index (χ4n) is 11.9. The molecular weight excluding hydrogens is 705 g/mol. The molecule has 1 heterocycles. The minimum atomic E-state index is -1.17. The highest BCUT2D eigenvalue weighted by Crippen LogP contribution is 2.69. The number of aliphatic hydroxyl groups excluding tert-OH is 2. The first-order chi connectivity index (χ1) is 26.5. The fourth-order valence-corrected chi connectivity index (χ4v) is 11.9. The number of anilines is 1. The monoisotopic (exact) mass is 764 g/mol. The molecule has 7 rings (SSSR count). The van der Waals surface area contributed by atoms with Gasteiger partial charge in [-0.25, -0.2) is 4.79 Å². The van der Waals surface area contributed by atoms with E-state index in [1.165, 1.54) is 0 Å². The van der Waals surface area contributed by atoms with Crippen molar-refractivity contribution in [1.82, 2.24) is 4.98 Å². The number of nitrogens with one attached hydrogen (secondary N) is 1. The maximum absolute atomic E-state index is 13.2. The molecule has 1 aromatic heterocycles. The number of para-hydroxylation sites is 1. The zero-order valence-corrected chi connectivity index (χ0v) is 33.8. The van der Waals surface area contributed by atoms with E-state index in [1.807, 2.05) is 69.3 Å². The summed E-state index contributed by atoms with van der Waals surface area (Å²) in [6.07, 6.45) is 4.45. The highest BCUT2D eigenvalue weighted by molar-refractivity contribution is 6.06. The quantitative estimate of drug-likeness (QED) is 0.108. The molecule has 4 aliphatic carbocycles. The van der Waals surface area contributed by atoms with Crippen LogP contribution in [-0.2, 0) is 16.1 Å². The molecule has 4 unspecified atom stereocenters. The molecule has 11 atom stereocenters. The van der Waals surface area contributed by atoms with Gasteiger partial charge in [-0.3, -0.25) is 9.78 Å². The maximum Gasteiger partial charge on any atom is 0.342 e. The van der Waals surface area contributed by atoms with Gasteiger partial charge < -0.3 is 30.5 Å². The molecule has 0 radical (unpaired) electrons. The van der Waals surface area contributed by atoms with Crippen LogP contribution in [0.3, 0.4) is 0 Å². The van der Waals surface area contributed by atoms with Gasteiger partial charge in [0.15, 0.2) is 0 Å². The minimum absolute atomic E-state index is 0.0825. The van der Waals surface area contributed by atoms with Crippen molar-refractivity contribution >= 4 is 28.5 Å². The molecule has 4 saturated carbocycles. The van der Waals surface area contributed by atoms with Gasteiger partial charge in [-0.05, 0) is 142 Å². The number of aliphatic carboxylic acids is 1. The van der Waals surface area contributed by atoms with Crippen LogP contribution in [-0.4, -0.2) is 61.3 Å². The maximum atomic E-state index is 13.2. The van der Waals surface area contributed by atoms with Crippen LogP contribution in [0.4, 0.5) is 5.69 Å². The number of esters is 1. The Hall–Kier alpha value is -3.97. The van der Waals surface area contributed by atoms with Crippen molar-refractivity contribution in [2.75, 3.05) is 5.32 Å². The Bertz CT molecular complexity index is 2020. The Morgan fingerprint density at radius 3 is 2.45 bits per heavy atom. The summed E-state index contributed by atoms with van der Waals surface area (Å²) in [5.74, 6) is 6.25. The second-order valence-corrected chi connectivity index (χ2v) is 18.5. The number of benzene rings is 2. The molecule has 4 fully saturated rings. The SMILES string of the molecule is Cc1nc2ccccc2c(NCc2ccc(C#C[C@@]3(O)CC[C@@]4(C)C(C[C@@H](O)C5C4C[C@H](O)[C@@]4(C)C5CC[C@@H]4[C@H](C)CCC(=O)O)C3)cc2)c1C(=O)OC(C)C. The standard InChI is InChI=1S/C47H60N2O7/c1-27(2)56-44(54)41-29(4)49-37-10-8-7-9-33(37)43(41)48-26-31-14-12-30(13-15-31)19-20-47(55)22-21-45(5)32(25-47)23-38(50)42-35-17-16-34(28(3)11-18-40(52)53)46(35,6)39(51)24-36(42)45/h7-10,12-15,27-28,32,34-36,38-39,42,50-51,55H,11,16-18,21-26H2,1-6H3,(H,48,49)(H,52,53)/t28-,32?,34-,35?,36?,38-,39+,42?,45+,46-,47-/m1/s1. The molecule has 0 spiro atoms. The van der Waals surface area contributed by atoms with Gasteiger partial charge in [-0.1, -0.05) is 62.9 Å². The van der Waals surface area contributed by atoms with Crippen LogP contribution in [0.1, 0.15) is 120 Å². The zero-order chi connectivity index (χ0) is 40.2. The number of nitrogens with zero attached hydrogens (tertiary/aromatic N) is 1. The lowest BCUT2D eigenvalue weighted by atomic mass is 9.42. The van der Waals surface area contributed by atoms with E-state index in [9.17, 15) is 30.0 Å². The number of hydrogen-bond acceptors (Lipinski definition) is 8. The van der Waals surface area contributed by atoms with Crippen molar-refractivity contribution in [2.24, 2.45) is 46.3 Å². The van der Waals surface area contributed by atoms with Crippen LogP contribution >= 0.6 is 0 Å². The Balaban J connectivity index is 1.03. The molecule has 4 aliphatic rings. The third kappa shape index (κ3) is 7.34. The van der Waals surface area contributed by atoms with Crippen LogP contribution < -0.4 is 5.32 Å². The van der Waals surface area contributed by atoms with Gasteiger partial charge in [0.05, 0.1) is 35.2 Å². The van der Waals surface area contributed by atoms with Crippen molar-refractivity contribution < 1.29 is 34.8 Å². The fraction of sp³-hybridized carbons (Fsp3) is 0.596. The second-order valence-electron chi connectivity index (χ2n) is 18.5. The van der Waals surface area contributed by atoms with Crippen LogP contribution in [0.2, 0.25) is 0 Å². The average molecular weight is 765 g/mol. The van der Waals surface area contributed by atoms with E-state index >= 15 is 0 Å². The second kappa shape index (κ2) is 15.4. The third-order valence-electron chi connectivity index (χ3n) is 14.9. The largest absolute Gasteiger partial charge is 0.481 e. The summed E-state index contributed by atoms with van der Waals surface area (Å²) in [7, 11) is 0. The topological polar surface area (TPSA) is 149 Å². The number of aliphatic hydroxyl groups is 3. The highest BCUT2D eigenvalue weighted by atomic mass is 16.5. The first kappa shape index (κ1) is 40.2. The van der Waals surface area contributed by atoms with Crippen molar-refractivity contribution in [3.8, 4) is 11.8 Å². The number of aromatic nitrogens is 1. The van der Waals surface area contributed by atoms with Crippen LogP contribution in [0.25, 0.3) is 10.9 Å². The summed E-state index contributed by atoms with van der Waals surface area (Å²) in [4.78, 5) is 29.2. The Kier molecular flexibility index (Phi) is 11.1. The number of pyridine rings is 1. The molecule has 2 aromatic carbocycles. The summed E-state index contributed by atoms with van der Waals surface area (Å²) < 4.78 is 5.58. The lowest BCUT2D eigenvalue weighted by Crippen LogP contribution is -2.63. The number of carbonyl (C=O) groups excluding carboxylic acids is 1. The van der Waals surface area contributed by atoms with Gasteiger partial charge in [0.2, 0.25) is 0 Å². The lowest BCUT2D eigenvalue weighted by molar-refractivity contribution is -0.211. The molecule has 0 aliphatic heterocycles. The van der Waals surface area contributed by atoms with Crippen molar-refractivity contribution in [3.63, 3.8) is 0 Å². The van der Waals surface area contributed by atoms with Gasteiger partial charge in [0, 0.05) is 23.9 Å². The zero-order valence-electron chi connectivity index (χ0n) is 33.8. The Labute approximate surface area is 331 Å². The van der Waals surface area contributed by atoms with E-state index in [0.29, 0.717) is 55.6 Å². The van der Waals surface area contributed by atoms with Crippen molar-refractivity contribution in [3.05, 3.63) is 70.9 Å². The van der Waals surface area contributed by atoms with Gasteiger partial charge in [-0.2, -0.15) is 0 Å². The Morgan fingerprint density at radius 1 is 1.00 bits per heavy atom. The molecule has 9 heteroatoms. The van der Waals surface area contributed by atoms with Gasteiger partial charge in [0.25, 0.3) is 0 Å². The number of rotatable bonds is 9. The summed E-state index contributed by atoms with van der Waals surface area (Å²) in [6, 6.07) is 15.7. The predicted molar refractivity (Wildman–Crippen MR) is 217 cm³/mol. The van der Waals surface area contributed by atoms with E-state index in [-0.39, 0.29) is 58.9 Å². The molecule has 9 nitrogen and oxygen atoms in total. The number of carboxylic acids is 1. The smallest absolute Gasteiger partial charge is 0.342 e. The minimum Gasteiger partial charge on any atom is -0.481 e. The van der Waals surface area contributed by atoms with Gasteiger partial charge >= 0.3 is 11.9 Å². The number of aryl methyl sites for hydroxylation is 1. The van der Waals surface area contributed by atoms with Crippen LogP contribution in [0.15, 0.2) is 48.5 Å². The third-order valence-corrected chi connectivity index (χ3v) is 14.9. The average Bonchev–Trinajstić information content (AvgIpc) is 3.51. The van der Waals surface area contributed by atoms with E-state index in [2.05, 4.69) is 42.9 Å². The summed E-state index contributed by atoms with van der Waals surface area (Å²) >= 11 is 0. The molecule has 0 bridgehead atoms. The highest BCUT2D eigenvalue weighted by Gasteiger charge is 2.66. The summed E-state index contributed by atoms with van der Waals surface area (Å²) in [5.41, 5.74) is 2.70. The first-order valence-corrected chi connectivity index (χ1v) is 20.8. The van der Waals surface area contributed by atoms with E-state index in [1.54, 1.807) is 0 Å². The molecule has 0 saturated heterocycles. The number of carbonyl (C=O) groups is 2. The van der Waals surface area contributed by atoms with Crippen molar-refractivity contribution in [1.29, 1.82) is 0 Å². The molecular formula is C47H60N2O7. The predicted octanol–water partition coefficient (Wildman–Crippen LogP) is 7.90. The molecule has 3 aromatic rings. The molecule has 300 valence electrons. The number of carboxylic acid groups (broad SMARTS) is 1. The Morgan fingerprint density at radius 2 is 1.73 bits per heavy atom. The van der Waals surface area contributed by atoms with Crippen LogP contribution in [0.5, 0.6) is 0 Å². The lowest BCUT2D eigenvalue weighted by Gasteiger charge is -2.64. The molecule has 5 N–H and O–H groups in total. The van der Waals surface area contributed by atoms with E-state index in [0.717, 1.165) is 41.3 Å². The summed E-state index contributed by atoms with van der Waals surface area (Å²) in [5, 5.41) is 49.3. The number of fused-ring (bicyclic) bond motifs is 6.